The summed E-state index contributed by atoms with van der Waals surface area (Å²) in [6, 6.07) is 11.5. The molecule has 2 aliphatic carbocycles. The topological polar surface area (TPSA) is 126 Å². The highest BCUT2D eigenvalue weighted by Gasteiger charge is 2.47. The average molecular weight is 770 g/mol. The molecule has 0 radical (unpaired) electrons. The van der Waals surface area contributed by atoms with Crippen LogP contribution in [0.3, 0.4) is 0 Å². The van der Waals surface area contributed by atoms with Crippen molar-refractivity contribution in [3.05, 3.63) is 70.3 Å². The van der Waals surface area contributed by atoms with Crippen LogP contribution in [0.25, 0.3) is 0 Å². The summed E-state index contributed by atoms with van der Waals surface area (Å²) in [5.74, 6) is 0.306. The van der Waals surface area contributed by atoms with Crippen molar-refractivity contribution in [3.63, 3.8) is 0 Å². The highest BCUT2D eigenvalue weighted by atomic mass is 35.5. The van der Waals surface area contributed by atoms with Crippen molar-refractivity contribution in [1.29, 1.82) is 0 Å². The molecule has 5 aliphatic rings. The summed E-state index contributed by atoms with van der Waals surface area (Å²) in [5.41, 5.74) is 1.04. The summed E-state index contributed by atoms with van der Waals surface area (Å²) in [7, 11) is -0.0605. The minimum absolute atomic E-state index is 0.138. The van der Waals surface area contributed by atoms with E-state index < -0.39 is 27.8 Å². The number of esters is 1. The summed E-state index contributed by atoms with van der Waals surface area (Å²) >= 11 is 6.48. The molecule has 1 amide bonds. The molecule has 2 bridgehead atoms. The standard InChI is InChI=1S/C40H52ClN3O8S/c1-42-15-4-3-7-35(51-19-16-43-17-20-53(48,49)21-18-43)32-11-8-29(32)25-44-26-39(14-5-6-28-22-31(41)10-12-33(28)39)27-52-36-13-9-30(23-34(36)44)40(47,24-37(42)45)38(46)50-2/h3,7,9-10,12-13,22-23,29,32,35,47H,4-6,8,11,14-21,24-27H2,1-2H3/b7-3-/t29-,32+,35-,39-,40+/m0/s1. The number of ether oxygens (including phenoxy) is 3. The van der Waals surface area contributed by atoms with Crippen molar-refractivity contribution in [2.24, 2.45) is 11.8 Å². The minimum Gasteiger partial charge on any atom is -0.490 e. The van der Waals surface area contributed by atoms with Crippen LogP contribution < -0.4 is 9.64 Å². The van der Waals surface area contributed by atoms with Gasteiger partial charge in [-0.1, -0.05) is 35.9 Å². The predicted octanol–water partition coefficient (Wildman–Crippen LogP) is 4.12. The van der Waals surface area contributed by atoms with E-state index in [0.717, 1.165) is 42.8 Å². The number of carbonyl (C=O) groups is 2. The van der Waals surface area contributed by atoms with Gasteiger partial charge in [-0.3, -0.25) is 9.69 Å². The molecule has 11 nitrogen and oxygen atoms in total. The smallest absolute Gasteiger partial charge is 0.343 e. The molecule has 3 heterocycles. The minimum atomic E-state index is -2.96. The van der Waals surface area contributed by atoms with Crippen molar-refractivity contribution in [2.45, 2.75) is 62.1 Å². The van der Waals surface area contributed by atoms with Crippen molar-refractivity contribution < 1.29 is 37.3 Å². The summed E-state index contributed by atoms with van der Waals surface area (Å²) in [4.78, 5) is 32.9. The van der Waals surface area contributed by atoms with Gasteiger partial charge in [-0.25, -0.2) is 13.2 Å². The fourth-order valence-corrected chi connectivity index (χ4v) is 10.4. The normalized spacial score (nSPS) is 31.0. The third-order valence-corrected chi connectivity index (χ3v) is 14.2. The Bertz CT molecular complexity index is 1830. The fraction of sp³-hybridized carbons (Fsp3) is 0.600. The lowest BCUT2D eigenvalue weighted by atomic mass is 9.68. The van der Waals surface area contributed by atoms with Crippen molar-refractivity contribution in [3.8, 4) is 5.75 Å². The molecule has 1 saturated heterocycles. The number of fused-ring (bicyclic) bond motifs is 4. The number of methoxy groups -OCH3 is 1. The summed E-state index contributed by atoms with van der Waals surface area (Å²) < 4.78 is 42.4. The number of carbonyl (C=O) groups excluding carboxylic acids is 2. The van der Waals surface area contributed by atoms with Gasteiger partial charge in [0.25, 0.3) is 0 Å². The van der Waals surface area contributed by atoms with Crippen LogP contribution in [0.2, 0.25) is 5.02 Å². The highest BCUT2D eigenvalue weighted by molar-refractivity contribution is 7.91. The quantitative estimate of drug-likeness (QED) is 0.351. The average Bonchev–Trinajstić information content (AvgIpc) is 3.28. The van der Waals surface area contributed by atoms with E-state index in [0.29, 0.717) is 70.6 Å². The number of hydrogen-bond acceptors (Lipinski definition) is 10. The first-order valence-corrected chi connectivity index (χ1v) is 21.2. The number of nitrogens with zero attached hydrogens (tertiary/aromatic N) is 3. The molecule has 1 saturated carbocycles. The lowest BCUT2D eigenvalue weighted by Crippen LogP contribution is -2.50. The molecular weight excluding hydrogens is 718 g/mol. The number of amides is 1. The number of benzene rings is 2. The number of rotatable bonds is 5. The number of aryl methyl sites for hydroxylation is 1. The first-order valence-electron chi connectivity index (χ1n) is 19.0. The first-order chi connectivity index (χ1) is 25.4. The third kappa shape index (κ3) is 7.99. The summed E-state index contributed by atoms with van der Waals surface area (Å²) in [6.45, 7) is 4.46. The number of sulfone groups is 1. The van der Waals surface area contributed by atoms with E-state index in [9.17, 15) is 23.1 Å². The molecule has 5 atom stereocenters. The zero-order valence-electron chi connectivity index (χ0n) is 30.8. The van der Waals surface area contributed by atoms with E-state index in [1.54, 1.807) is 13.1 Å². The SMILES string of the molecule is COC(=O)[C@@]1(O)CC(=O)N(C)CC/C=C\[C@H](OCCN2CCS(=O)(=O)CC2)[C@@H]2CC[C@H]2CN2C[C@@]3(CCCc4cc(Cl)ccc43)COc3ccc1cc32. The second-order valence-electron chi connectivity index (χ2n) is 15.7. The van der Waals surface area contributed by atoms with E-state index >= 15 is 0 Å². The third-order valence-electron chi connectivity index (χ3n) is 12.3. The van der Waals surface area contributed by atoms with Crippen molar-refractivity contribution >= 4 is 39.0 Å². The van der Waals surface area contributed by atoms with E-state index in [-0.39, 0.29) is 40.4 Å². The zero-order valence-corrected chi connectivity index (χ0v) is 32.4. The van der Waals surface area contributed by atoms with Crippen molar-refractivity contribution in [1.82, 2.24) is 9.80 Å². The van der Waals surface area contributed by atoms with Crippen LogP contribution in [-0.2, 0) is 46.3 Å². The van der Waals surface area contributed by atoms with E-state index in [4.69, 9.17) is 25.8 Å². The number of anilines is 1. The van der Waals surface area contributed by atoms with Crippen LogP contribution in [0.15, 0.2) is 48.6 Å². The number of halogens is 1. The van der Waals surface area contributed by atoms with E-state index in [2.05, 4.69) is 34.1 Å². The van der Waals surface area contributed by atoms with Gasteiger partial charge in [-0.05, 0) is 91.3 Å². The second kappa shape index (κ2) is 15.5. The van der Waals surface area contributed by atoms with Crippen LogP contribution in [0.1, 0.15) is 55.2 Å². The molecule has 1 N–H and O–H groups in total. The first kappa shape index (κ1) is 38.1. The summed E-state index contributed by atoms with van der Waals surface area (Å²) in [5, 5.41) is 12.7. The largest absolute Gasteiger partial charge is 0.490 e. The maximum absolute atomic E-state index is 13.6. The maximum Gasteiger partial charge on any atom is 0.343 e. The molecule has 2 aromatic carbocycles. The zero-order chi connectivity index (χ0) is 37.4. The molecular formula is C40H52ClN3O8S. The molecule has 2 aromatic rings. The Morgan fingerprint density at radius 3 is 2.68 bits per heavy atom. The van der Waals surface area contributed by atoms with Gasteiger partial charge in [-0.2, -0.15) is 0 Å². The van der Waals surface area contributed by atoms with Crippen LogP contribution in [0.5, 0.6) is 5.75 Å². The van der Waals surface area contributed by atoms with Gasteiger partial charge < -0.3 is 29.1 Å². The maximum atomic E-state index is 13.6. The van der Waals surface area contributed by atoms with Crippen LogP contribution >= 0.6 is 11.6 Å². The van der Waals surface area contributed by atoms with Gasteiger partial charge in [0.1, 0.15) is 5.75 Å². The van der Waals surface area contributed by atoms with Gasteiger partial charge in [0, 0.05) is 56.8 Å². The van der Waals surface area contributed by atoms with Gasteiger partial charge in [0.15, 0.2) is 15.4 Å². The lowest BCUT2D eigenvalue weighted by molar-refractivity contribution is -0.168. The highest BCUT2D eigenvalue weighted by Crippen LogP contribution is 2.48. The predicted molar refractivity (Wildman–Crippen MR) is 203 cm³/mol. The molecule has 7 rings (SSSR count). The Balaban J connectivity index is 1.23. The van der Waals surface area contributed by atoms with E-state index in [1.807, 2.05) is 18.2 Å². The Morgan fingerprint density at radius 2 is 1.92 bits per heavy atom. The Hall–Kier alpha value is -3.16. The Morgan fingerprint density at radius 1 is 1.11 bits per heavy atom. The molecule has 1 spiro atoms. The van der Waals surface area contributed by atoms with Gasteiger partial charge in [0.05, 0.1) is 50.0 Å². The lowest BCUT2D eigenvalue weighted by Gasteiger charge is -2.46. The Kier molecular flexibility index (Phi) is 11.2. The Labute approximate surface area is 318 Å². The molecule has 2 fully saturated rings. The molecule has 3 aliphatic heterocycles. The fourth-order valence-electron chi connectivity index (χ4n) is 8.96. The summed E-state index contributed by atoms with van der Waals surface area (Å²) in [6.07, 6.45) is 9.09. The second-order valence-corrected chi connectivity index (χ2v) is 18.4. The number of aliphatic hydroxyl groups is 1. The molecule has 13 heteroatoms. The van der Waals surface area contributed by atoms with Crippen LogP contribution in [-0.4, -0.2) is 119 Å². The van der Waals surface area contributed by atoms with Gasteiger partial charge in [-0.15, -0.1) is 0 Å². The molecule has 0 aromatic heterocycles. The van der Waals surface area contributed by atoms with Crippen molar-refractivity contribution in [2.75, 3.05) is 83.0 Å². The molecule has 288 valence electrons. The van der Waals surface area contributed by atoms with Gasteiger partial charge >= 0.3 is 5.97 Å². The van der Waals surface area contributed by atoms with Crippen LogP contribution in [0.4, 0.5) is 5.69 Å². The molecule has 53 heavy (non-hydrogen) atoms. The number of hydrogen-bond donors (Lipinski definition) is 1. The van der Waals surface area contributed by atoms with Gasteiger partial charge in [0.2, 0.25) is 5.91 Å². The molecule has 0 unspecified atom stereocenters. The van der Waals surface area contributed by atoms with E-state index in [1.165, 1.54) is 23.1 Å². The monoisotopic (exact) mass is 769 g/mol. The van der Waals surface area contributed by atoms with Crippen LogP contribution in [0, 0.1) is 11.8 Å².